The molecule has 0 aromatic rings. The van der Waals surface area contributed by atoms with E-state index in [0.29, 0.717) is 6.04 Å². The van der Waals surface area contributed by atoms with Gasteiger partial charge >= 0.3 is 0 Å². The molecule has 3 rings (SSSR count). The fourth-order valence-corrected chi connectivity index (χ4v) is 4.24. The molecule has 3 aliphatic rings. The summed E-state index contributed by atoms with van der Waals surface area (Å²) in [5.41, 5.74) is 0.0982. The van der Waals surface area contributed by atoms with Gasteiger partial charge in [0, 0.05) is 44.7 Å². The quantitative estimate of drug-likeness (QED) is 0.774. The van der Waals surface area contributed by atoms with Crippen molar-refractivity contribution >= 4 is 5.91 Å². The molecule has 5 heteroatoms. The van der Waals surface area contributed by atoms with Crippen LogP contribution in [-0.4, -0.2) is 82.7 Å². The van der Waals surface area contributed by atoms with Crippen LogP contribution in [0, 0.1) is 5.92 Å². The first kappa shape index (κ1) is 14.3. The van der Waals surface area contributed by atoms with E-state index in [9.17, 15) is 9.90 Å². The van der Waals surface area contributed by atoms with E-state index in [-0.39, 0.29) is 23.5 Å². The first-order chi connectivity index (χ1) is 9.45. The standard InChI is InChI=1S/C15H27N3O2/c1-4-16-8-15(9-16)10-17(14(20)11(2)3)6-12-5-13(19)7-18(12)15/h11-13,19H,4-10H2,1-3H3. The van der Waals surface area contributed by atoms with Gasteiger partial charge in [-0.25, -0.2) is 0 Å². The number of nitrogens with zero attached hydrogens (tertiary/aromatic N) is 3. The number of carbonyl (C=O) groups excluding carboxylic acids is 1. The Morgan fingerprint density at radius 2 is 2.00 bits per heavy atom. The third-order valence-electron chi connectivity index (χ3n) is 5.21. The average molecular weight is 281 g/mol. The van der Waals surface area contributed by atoms with Gasteiger partial charge in [-0.3, -0.25) is 14.6 Å². The van der Waals surface area contributed by atoms with Crippen molar-refractivity contribution in [3.63, 3.8) is 0 Å². The first-order valence-corrected chi connectivity index (χ1v) is 7.91. The molecule has 3 fully saturated rings. The zero-order valence-electron chi connectivity index (χ0n) is 12.9. The number of aliphatic hydroxyl groups is 1. The molecule has 0 bridgehead atoms. The smallest absolute Gasteiger partial charge is 0.225 e. The minimum absolute atomic E-state index is 0.0623. The summed E-state index contributed by atoms with van der Waals surface area (Å²) in [5, 5.41) is 10.0. The molecule has 0 saturated carbocycles. The van der Waals surface area contributed by atoms with Gasteiger partial charge in [-0.05, 0) is 13.0 Å². The molecule has 5 nitrogen and oxygen atoms in total. The molecule has 1 spiro atoms. The topological polar surface area (TPSA) is 47.0 Å². The molecular weight excluding hydrogens is 254 g/mol. The second-order valence-electron chi connectivity index (χ2n) is 7.10. The predicted octanol–water partition coefficient (Wildman–Crippen LogP) is -0.00590. The van der Waals surface area contributed by atoms with Gasteiger partial charge < -0.3 is 10.0 Å². The lowest BCUT2D eigenvalue weighted by atomic mass is 9.83. The minimum Gasteiger partial charge on any atom is -0.392 e. The Labute approximate surface area is 121 Å². The van der Waals surface area contributed by atoms with E-state index >= 15 is 0 Å². The van der Waals surface area contributed by atoms with E-state index in [1.54, 1.807) is 0 Å². The third-order valence-corrected chi connectivity index (χ3v) is 5.21. The van der Waals surface area contributed by atoms with Crippen molar-refractivity contribution in [2.75, 3.05) is 39.3 Å². The largest absolute Gasteiger partial charge is 0.392 e. The van der Waals surface area contributed by atoms with Gasteiger partial charge in [0.2, 0.25) is 5.91 Å². The highest BCUT2D eigenvalue weighted by molar-refractivity contribution is 5.78. The summed E-state index contributed by atoms with van der Waals surface area (Å²) in [6, 6.07) is 0.348. The van der Waals surface area contributed by atoms with Crippen LogP contribution in [0.25, 0.3) is 0 Å². The number of rotatable bonds is 2. The second kappa shape index (κ2) is 4.97. The van der Waals surface area contributed by atoms with Crippen molar-refractivity contribution in [1.29, 1.82) is 0 Å². The van der Waals surface area contributed by atoms with Crippen LogP contribution in [-0.2, 0) is 4.79 Å². The molecule has 3 saturated heterocycles. The second-order valence-corrected chi connectivity index (χ2v) is 7.10. The van der Waals surface area contributed by atoms with Gasteiger partial charge in [-0.1, -0.05) is 20.8 Å². The Morgan fingerprint density at radius 1 is 1.30 bits per heavy atom. The van der Waals surface area contributed by atoms with Gasteiger partial charge in [0.15, 0.2) is 0 Å². The Bertz CT molecular complexity index is 393. The van der Waals surface area contributed by atoms with Crippen molar-refractivity contribution in [2.24, 2.45) is 5.92 Å². The molecule has 3 aliphatic heterocycles. The molecule has 1 amide bonds. The Hall–Kier alpha value is -0.650. The maximum Gasteiger partial charge on any atom is 0.225 e. The number of hydrogen-bond donors (Lipinski definition) is 1. The zero-order chi connectivity index (χ0) is 14.5. The summed E-state index contributed by atoms with van der Waals surface area (Å²) in [6.07, 6.45) is 0.595. The van der Waals surface area contributed by atoms with Gasteiger partial charge in [0.05, 0.1) is 11.6 Å². The molecule has 0 radical (unpaired) electrons. The minimum atomic E-state index is -0.221. The highest BCUT2D eigenvalue weighted by Gasteiger charge is 2.56. The van der Waals surface area contributed by atoms with Crippen molar-refractivity contribution in [2.45, 2.75) is 44.9 Å². The van der Waals surface area contributed by atoms with Gasteiger partial charge in [0.1, 0.15) is 0 Å². The Kier molecular flexibility index (Phi) is 3.55. The van der Waals surface area contributed by atoms with Crippen LogP contribution in [0.15, 0.2) is 0 Å². The number of aliphatic hydroxyl groups excluding tert-OH is 1. The lowest BCUT2D eigenvalue weighted by molar-refractivity contribution is -0.152. The number of amides is 1. The Morgan fingerprint density at radius 3 is 2.60 bits per heavy atom. The molecular formula is C15H27N3O2. The van der Waals surface area contributed by atoms with Gasteiger partial charge in [-0.15, -0.1) is 0 Å². The van der Waals surface area contributed by atoms with E-state index in [1.807, 2.05) is 13.8 Å². The van der Waals surface area contributed by atoms with Crippen molar-refractivity contribution in [3.8, 4) is 0 Å². The molecule has 114 valence electrons. The van der Waals surface area contributed by atoms with Crippen LogP contribution in [0.4, 0.5) is 0 Å². The average Bonchev–Trinajstić information content (AvgIpc) is 2.74. The highest BCUT2D eigenvalue weighted by atomic mass is 16.3. The SMILES string of the molecule is CCN1CC2(C1)CN(C(=O)C(C)C)CC1CC(O)CN12. The van der Waals surface area contributed by atoms with E-state index < -0.39 is 0 Å². The third kappa shape index (κ3) is 2.16. The van der Waals surface area contributed by atoms with Crippen LogP contribution >= 0.6 is 0 Å². The van der Waals surface area contributed by atoms with Crippen LogP contribution in [0.3, 0.4) is 0 Å². The van der Waals surface area contributed by atoms with E-state index in [2.05, 4.69) is 21.6 Å². The Balaban J connectivity index is 1.79. The number of likely N-dealkylation sites (tertiary alicyclic amines) is 1. The molecule has 0 aromatic heterocycles. The van der Waals surface area contributed by atoms with Crippen LogP contribution in [0.1, 0.15) is 27.2 Å². The first-order valence-electron chi connectivity index (χ1n) is 7.91. The molecule has 2 unspecified atom stereocenters. The van der Waals surface area contributed by atoms with E-state index in [4.69, 9.17) is 0 Å². The van der Waals surface area contributed by atoms with Crippen LogP contribution in [0.5, 0.6) is 0 Å². The zero-order valence-corrected chi connectivity index (χ0v) is 12.9. The number of β-amino-alcohol motifs (C(OH)–C–C–N with tert-alkyl or cyclic N) is 1. The summed E-state index contributed by atoms with van der Waals surface area (Å²) in [5.74, 6) is 0.327. The summed E-state index contributed by atoms with van der Waals surface area (Å²) in [6.45, 7) is 11.7. The van der Waals surface area contributed by atoms with Crippen LogP contribution < -0.4 is 0 Å². The number of fused-ring (bicyclic) bond motifs is 2. The molecule has 1 N–H and O–H groups in total. The predicted molar refractivity (Wildman–Crippen MR) is 77.4 cm³/mol. The summed E-state index contributed by atoms with van der Waals surface area (Å²) in [4.78, 5) is 19.3. The molecule has 2 atom stereocenters. The van der Waals surface area contributed by atoms with E-state index in [1.165, 1.54) is 0 Å². The number of piperazine rings is 1. The maximum atomic E-state index is 12.4. The summed E-state index contributed by atoms with van der Waals surface area (Å²) >= 11 is 0. The normalized spacial score (nSPS) is 33.5. The highest BCUT2D eigenvalue weighted by Crippen LogP contribution is 2.38. The molecule has 0 aromatic carbocycles. The summed E-state index contributed by atoms with van der Waals surface area (Å²) in [7, 11) is 0. The van der Waals surface area contributed by atoms with E-state index in [0.717, 1.165) is 45.7 Å². The monoisotopic (exact) mass is 281 g/mol. The molecule has 3 heterocycles. The van der Waals surface area contributed by atoms with Gasteiger partial charge in [0.25, 0.3) is 0 Å². The fraction of sp³-hybridized carbons (Fsp3) is 0.933. The summed E-state index contributed by atoms with van der Waals surface area (Å²) < 4.78 is 0. The number of carbonyl (C=O) groups is 1. The van der Waals surface area contributed by atoms with Crippen molar-refractivity contribution in [3.05, 3.63) is 0 Å². The lowest BCUT2D eigenvalue weighted by Crippen LogP contribution is -2.78. The maximum absolute atomic E-state index is 12.4. The van der Waals surface area contributed by atoms with Crippen molar-refractivity contribution in [1.82, 2.24) is 14.7 Å². The van der Waals surface area contributed by atoms with Crippen molar-refractivity contribution < 1.29 is 9.90 Å². The molecule has 20 heavy (non-hydrogen) atoms. The lowest BCUT2D eigenvalue weighted by Gasteiger charge is -2.61. The van der Waals surface area contributed by atoms with Gasteiger partial charge in [-0.2, -0.15) is 0 Å². The molecule has 0 aliphatic carbocycles. The van der Waals surface area contributed by atoms with Crippen LogP contribution in [0.2, 0.25) is 0 Å². The fourth-order valence-electron chi connectivity index (χ4n) is 4.24. The number of likely N-dealkylation sites (N-methyl/N-ethyl adjacent to an activating group) is 1. The number of hydrogen-bond acceptors (Lipinski definition) is 4.